The molecule has 0 aliphatic carbocycles. The van der Waals surface area contributed by atoms with Crippen molar-refractivity contribution in [3.8, 4) is 5.75 Å². The van der Waals surface area contributed by atoms with Gasteiger partial charge in [-0.1, -0.05) is 11.6 Å². The molecule has 0 saturated heterocycles. The van der Waals surface area contributed by atoms with Crippen LogP contribution in [0.2, 0.25) is 4.34 Å². The molecule has 0 spiro atoms. The molecule has 35 heavy (non-hydrogen) atoms. The van der Waals surface area contributed by atoms with Crippen molar-refractivity contribution in [2.24, 2.45) is 0 Å². The lowest BCUT2D eigenvalue weighted by Gasteiger charge is -2.35. The summed E-state index contributed by atoms with van der Waals surface area (Å²) in [6.07, 6.45) is -0.852. The van der Waals surface area contributed by atoms with E-state index in [1.54, 1.807) is 11.6 Å². The van der Waals surface area contributed by atoms with Gasteiger partial charge in [-0.25, -0.2) is 26.7 Å². The minimum absolute atomic E-state index is 0.0412. The second-order valence-corrected chi connectivity index (χ2v) is 10.9. The number of sulfonamides is 1. The minimum atomic E-state index is -4.20. The number of carbonyl (C=O) groups excluding carboxylic acids is 2. The van der Waals surface area contributed by atoms with Gasteiger partial charge < -0.3 is 15.4 Å². The van der Waals surface area contributed by atoms with Crippen LogP contribution in [0.4, 0.5) is 30.6 Å². The molecular formula is C21H17ClF2N4O5S2. The van der Waals surface area contributed by atoms with Crippen LogP contribution in [0.15, 0.2) is 46.7 Å². The maximum atomic E-state index is 14.8. The molecule has 1 unspecified atom stereocenters. The Hall–Kier alpha value is -3.42. The number of carbonyl (C=O) groups is 2. The van der Waals surface area contributed by atoms with E-state index in [9.17, 15) is 26.8 Å². The highest BCUT2D eigenvalue weighted by Gasteiger charge is 2.34. The predicted molar refractivity (Wildman–Crippen MR) is 128 cm³/mol. The van der Waals surface area contributed by atoms with Crippen LogP contribution in [0, 0.1) is 11.6 Å². The average molecular weight is 543 g/mol. The summed E-state index contributed by atoms with van der Waals surface area (Å²) in [6.45, 7) is 1.56. The zero-order valence-electron chi connectivity index (χ0n) is 18.1. The third kappa shape index (κ3) is 4.88. The summed E-state index contributed by atoms with van der Waals surface area (Å²) in [4.78, 5) is 26.3. The van der Waals surface area contributed by atoms with Crippen LogP contribution in [0.25, 0.3) is 0 Å². The smallest absolute Gasteiger partial charge is 0.333 e. The SMILES string of the molecule is CNc1cc2c(cc1F)C(=O)N(c1ccc(NC(=O)NS(=O)(=O)c3ccc(Cl)s3)c(F)c1)C(C)O2. The van der Waals surface area contributed by atoms with E-state index >= 15 is 0 Å². The quantitative estimate of drug-likeness (QED) is 0.433. The number of hydrogen-bond donors (Lipinski definition) is 3. The molecule has 0 fully saturated rings. The van der Waals surface area contributed by atoms with Crippen LogP contribution in [0.3, 0.4) is 0 Å². The standard InChI is InChI=1S/C21H17ClF2N4O5S2/c1-10-28(20(29)12-8-14(24)16(25-2)9-17(12)33-10)11-3-4-15(13(23)7-11)26-21(30)27-35(31,32)19-6-5-18(22)34-19/h3-10,25H,1-2H3,(H2,26,27,30). The lowest BCUT2D eigenvalue weighted by molar-refractivity contribution is 0.0876. The first kappa shape index (κ1) is 24.7. The molecule has 3 N–H and O–H groups in total. The first-order valence-electron chi connectivity index (χ1n) is 9.90. The highest BCUT2D eigenvalue weighted by Crippen LogP contribution is 2.35. The number of nitrogens with zero attached hydrogens (tertiary/aromatic N) is 1. The van der Waals surface area contributed by atoms with Crippen molar-refractivity contribution in [2.45, 2.75) is 17.4 Å². The molecule has 0 bridgehead atoms. The molecule has 3 amide bonds. The highest BCUT2D eigenvalue weighted by atomic mass is 35.5. The molecule has 1 aliphatic heterocycles. The summed E-state index contributed by atoms with van der Waals surface area (Å²) >= 11 is 6.47. The van der Waals surface area contributed by atoms with E-state index in [1.165, 1.54) is 31.3 Å². The number of nitrogens with one attached hydrogen (secondary N) is 3. The number of hydrogen-bond acceptors (Lipinski definition) is 7. The van der Waals surface area contributed by atoms with Crippen LogP contribution in [-0.4, -0.2) is 33.6 Å². The summed E-state index contributed by atoms with van der Waals surface area (Å²) in [6, 6.07) is 7.21. The molecule has 1 aliphatic rings. The van der Waals surface area contributed by atoms with Crippen molar-refractivity contribution < 1.29 is 31.5 Å². The van der Waals surface area contributed by atoms with Gasteiger partial charge in [-0.05, 0) is 43.3 Å². The van der Waals surface area contributed by atoms with Gasteiger partial charge in [-0.2, -0.15) is 0 Å². The van der Waals surface area contributed by atoms with Gasteiger partial charge in [0, 0.05) is 13.1 Å². The van der Waals surface area contributed by atoms with Crippen molar-refractivity contribution >= 4 is 62.0 Å². The van der Waals surface area contributed by atoms with E-state index in [4.69, 9.17) is 16.3 Å². The third-order valence-corrected chi connectivity index (χ3v) is 8.02. The number of fused-ring (bicyclic) bond motifs is 1. The van der Waals surface area contributed by atoms with Gasteiger partial charge >= 0.3 is 6.03 Å². The second-order valence-electron chi connectivity index (χ2n) is 7.25. The van der Waals surface area contributed by atoms with Gasteiger partial charge in [0.2, 0.25) is 0 Å². The van der Waals surface area contributed by atoms with Crippen molar-refractivity contribution in [2.75, 3.05) is 22.6 Å². The third-order valence-electron chi connectivity index (χ3n) is 4.97. The van der Waals surface area contributed by atoms with E-state index in [0.29, 0.717) is 0 Å². The Morgan fingerprint density at radius 3 is 2.46 bits per heavy atom. The molecule has 2 heterocycles. The maximum Gasteiger partial charge on any atom is 0.333 e. The van der Waals surface area contributed by atoms with E-state index < -0.39 is 39.8 Å². The molecule has 2 aromatic carbocycles. The fourth-order valence-electron chi connectivity index (χ4n) is 3.39. The summed E-state index contributed by atoms with van der Waals surface area (Å²) in [5.41, 5.74) is -0.147. The summed E-state index contributed by atoms with van der Waals surface area (Å²) in [5, 5.41) is 4.77. The van der Waals surface area contributed by atoms with Gasteiger partial charge in [0.15, 0.2) is 6.23 Å². The van der Waals surface area contributed by atoms with Gasteiger partial charge in [0.25, 0.3) is 15.9 Å². The lowest BCUT2D eigenvalue weighted by Crippen LogP contribution is -2.46. The normalized spacial score (nSPS) is 15.3. The minimum Gasteiger partial charge on any atom is -0.469 e. The topological polar surface area (TPSA) is 117 Å². The summed E-state index contributed by atoms with van der Waals surface area (Å²) < 4.78 is 60.9. The number of urea groups is 1. The van der Waals surface area contributed by atoms with Crippen LogP contribution in [0.1, 0.15) is 17.3 Å². The molecule has 14 heteroatoms. The Labute approximate surface area is 207 Å². The van der Waals surface area contributed by atoms with E-state index in [2.05, 4.69) is 10.6 Å². The Bertz CT molecular complexity index is 1450. The number of rotatable bonds is 5. The molecule has 184 valence electrons. The number of anilines is 3. The molecule has 0 radical (unpaired) electrons. The highest BCUT2D eigenvalue weighted by molar-refractivity contribution is 7.92. The monoisotopic (exact) mass is 542 g/mol. The molecule has 0 saturated carbocycles. The fraction of sp³-hybridized carbons (Fsp3) is 0.143. The van der Waals surface area contributed by atoms with E-state index in [1.807, 2.05) is 0 Å². The van der Waals surface area contributed by atoms with Gasteiger partial charge in [0.05, 0.1) is 27.0 Å². The van der Waals surface area contributed by atoms with Crippen LogP contribution in [-0.2, 0) is 10.0 Å². The van der Waals surface area contributed by atoms with Crippen LogP contribution in [0.5, 0.6) is 5.75 Å². The summed E-state index contributed by atoms with van der Waals surface area (Å²) in [7, 11) is -2.68. The first-order valence-corrected chi connectivity index (χ1v) is 12.6. The van der Waals surface area contributed by atoms with Crippen LogP contribution >= 0.6 is 22.9 Å². The largest absolute Gasteiger partial charge is 0.469 e. The van der Waals surface area contributed by atoms with Crippen molar-refractivity contribution in [1.29, 1.82) is 0 Å². The zero-order valence-corrected chi connectivity index (χ0v) is 20.4. The number of thiophene rings is 1. The Kier molecular flexibility index (Phi) is 6.58. The fourth-order valence-corrected chi connectivity index (χ4v) is 5.78. The molecule has 1 atom stereocenters. The number of ether oxygens (including phenoxy) is 1. The Morgan fingerprint density at radius 2 is 1.83 bits per heavy atom. The Morgan fingerprint density at radius 1 is 1.11 bits per heavy atom. The van der Waals surface area contributed by atoms with Gasteiger partial charge in [0.1, 0.15) is 21.6 Å². The average Bonchev–Trinajstić information content (AvgIpc) is 3.23. The Balaban J connectivity index is 1.53. The molecule has 3 aromatic rings. The second kappa shape index (κ2) is 9.32. The van der Waals surface area contributed by atoms with E-state index in [0.717, 1.165) is 34.4 Å². The van der Waals surface area contributed by atoms with Crippen molar-refractivity contribution in [3.05, 3.63) is 64.0 Å². The number of halogens is 3. The van der Waals surface area contributed by atoms with Gasteiger partial charge in [-0.3, -0.25) is 9.69 Å². The maximum absolute atomic E-state index is 14.8. The molecule has 9 nitrogen and oxygen atoms in total. The first-order chi connectivity index (χ1) is 16.5. The zero-order chi connectivity index (χ0) is 25.5. The van der Waals surface area contributed by atoms with Gasteiger partial charge in [-0.15, -0.1) is 11.3 Å². The van der Waals surface area contributed by atoms with Crippen molar-refractivity contribution in [1.82, 2.24) is 4.72 Å². The lowest BCUT2D eigenvalue weighted by atomic mass is 10.1. The number of amides is 3. The molecule has 1 aromatic heterocycles. The van der Waals surface area contributed by atoms with Crippen molar-refractivity contribution in [3.63, 3.8) is 0 Å². The predicted octanol–water partition coefficient (Wildman–Crippen LogP) is 4.62. The molecular weight excluding hydrogens is 526 g/mol. The van der Waals surface area contributed by atoms with Crippen LogP contribution < -0.4 is 25.0 Å². The summed E-state index contributed by atoms with van der Waals surface area (Å²) in [5.74, 6) is -2.04. The number of benzene rings is 2. The molecule has 4 rings (SSSR count). The van der Waals surface area contributed by atoms with E-state index in [-0.39, 0.29) is 36.9 Å².